The summed E-state index contributed by atoms with van der Waals surface area (Å²) in [6.07, 6.45) is 8.49. The fraction of sp³-hybridized carbons (Fsp3) is 0.474. The monoisotopic (exact) mass is 620 g/mol. The van der Waals surface area contributed by atoms with E-state index in [9.17, 15) is 9.59 Å². The zero-order valence-corrected chi connectivity index (χ0v) is 27.9. The largest absolute Gasteiger partial charge is 0.340 e. The number of nitrogens with zero attached hydrogens (tertiary/aromatic N) is 4. The number of carbonyl (C=O) groups is 2. The molecule has 0 spiro atoms. The van der Waals surface area contributed by atoms with E-state index in [1.54, 1.807) is 0 Å². The SMILES string of the molecule is CC(C)[C@H](C)C(=O)N1CCC[C@H]1c1ncc(-c2ccc(-c3ccc(C4=CN=C([C@@H]5CCCN5C(=O)[C@@H](N)C(C)C)C4)cc3)cc2)[nH]1. The summed E-state index contributed by atoms with van der Waals surface area (Å²) in [6, 6.07) is 16.8. The minimum Gasteiger partial charge on any atom is -0.340 e. The number of nitrogens with one attached hydrogen (secondary N) is 1. The molecule has 3 aromatic rings. The quantitative estimate of drug-likeness (QED) is 0.273. The number of rotatable bonds is 9. The van der Waals surface area contributed by atoms with Crippen LogP contribution in [0.5, 0.6) is 0 Å². The van der Waals surface area contributed by atoms with E-state index in [-0.39, 0.29) is 35.7 Å². The fourth-order valence-corrected chi connectivity index (χ4v) is 6.91. The molecule has 4 heterocycles. The number of amides is 2. The summed E-state index contributed by atoms with van der Waals surface area (Å²) in [5, 5.41) is 0. The van der Waals surface area contributed by atoms with Crippen molar-refractivity contribution in [2.45, 2.75) is 84.8 Å². The highest BCUT2D eigenvalue weighted by atomic mass is 16.2. The molecule has 2 aromatic carbocycles. The van der Waals surface area contributed by atoms with Crippen LogP contribution >= 0.6 is 0 Å². The average Bonchev–Trinajstić information content (AvgIpc) is 3.89. The first kappa shape index (κ1) is 31.9. The number of allylic oxidation sites excluding steroid dienone is 1. The number of benzene rings is 2. The molecule has 0 unspecified atom stereocenters. The van der Waals surface area contributed by atoms with Gasteiger partial charge in [0.15, 0.2) is 0 Å². The number of nitrogens with two attached hydrogens (primary N) is 1. The topological polar surface area (TPSA) is 108 Å². The van der Waals surface area contributed by atoms with Crippen molar-refractivity contribution in [2.75, 3.05) is 13.1 Å². The summed E-state index contributed by atoms with van der Waals surface area (Å²) >= 11 is 0. The number of carbonyl (C=O) groups excluding carboxylic acids is 2. The van der Waals surface area contributed by atoms with Gasteiger partial charge in [0.1, 0.15) is 5.82 Å². The number of aliphatic imine (C=N–C) groups is 1. The molecule has 0 aliphatic carbocycles. The first-order chi connectivity index (χ1) is 22.1. The molecule has 3 N–H and O–H groups in total. The van der Waals surface area contributed by atoms with Crippen LogP contribution in [0.1, 0.15) is 84.2 Å². The van der Waals surface area contributed by atoms with E-state index in [1.807, 2.05) is 43.0 Å². The molecule has 0 radical (unpaired) electrons. The van der Waals surface area contributed by atoms with E-state index < -0.39 is 6.04 Å². The molecule has 8 nitrogen and oxygen atoms in total. The average molecular weight is 621 g/mol. The normalized spacial score (nSPS) is 21.2. The summed E-state index contributed by atoms with van der Waals surface area (Å²) in [5.74, 6) is 1.58. The Morgan fingerprint density at radius 2 is 1.35 bits per heavy atom. The first-order valence-corrected chi connectivity index (χ1v) is 17.0. The highest BCUT2D eigenvalue weighted by Crippen LogP contribution is 2.35. The first-order valence-electron chi connectivity index (χ1n) is 17.0. The lowest BCUT2D eigenvalue weighted by molar-refractivity contribution is -0.137. The van der Waals surface area contributed by atoms with Gasteiger partial charge in [-0.1, -0.05) is 83.1 Å². The molecule has 6 rings (SSSR count). The molecule has 46 heavy (non-hydrogen) atoms. The fourth-order valence-electron chi connectivity index (χ4n) is 6.91. The van der Waals surface area contributed by atoms with Crippen molar-refractivity contribution in [3.8, 4) is 22.4 Å². The zero-order valence-electron chi connectivity index (χ0n) is 27.9. The molecule has 3 aliphatic rings. The number of hydrogen-bond acceptors (Lipinski definition) is 5. The molecule has 1 aromatic heterocycles. The second-order valence-corrected chi connectivity index (χ2v) is 14.0. The van der Waals surface area contributed by atoms with Crippen LogP contribution in [0.4, 0.5) is 0 Å². The standard InChI is InChI=1S/C38H48N6O2/c1-23(2)25(5)37(45)44-19-7-9-34(44)36-41-22-32(42-36)29-16-14-27(15-17-29)26-10-12-28(13-11-26)30-20-31(40-21-30)33-8-6-18-43(33)38(46)35(39)24(3)4/h10-17,21-25,33-35H,6-9,18-20,39H2,1-5H3,(H,41,42)/t25-,33-,34-,35-/m0/s1. The van der Waals surface area contributed by atoms with E-state index in [0.717, 1.165) is 84.7 Å². The Morgan fingerprint density at radius 1 is 0.783 bits per heavy atom. The maximum atomic E-state index is 13.1. The number of likely N-dealkylation sites (tertiary alicyclic amines) is 2. The number of aromatic nitrogens is 2. The van der Waals surface area contributed by atoms with Crippen LogP contribution < -0.4 is 5.73 Å². The summed E-state index contributed by atoms with van der Waals surface area (Å²) in [6.45, 7) is 11.8. The summed E-state index contributed by atoms with van der Waals surface area (Å²) in [4.78, 5) is 43.1. The molecular formula is C38H48N6O2. The third-order valence-corrected chi connectivity index (χ3v) is 10.3. The highest BCUT2D eigenvalue weighted by molar-refractivity contribution is 6.03. The lowest BCUT2D eigenvalue weighted by Crippen LogP contribution is -2.50. The predicted molar refractivity (Wildman–Crippen MR) is 185 cm³/mol. The molecule has 3 aliphatic heterocycles. The maximum Gasteiger partial charge on any atom is 0.240 e. The van der Waals surface area contributed by atoms with E-state index in [2.05, 4.69) is 67.4 Å². The van der Waals surface area contributed by atoms with Crippen LogP contribution in [0.15, 0.2) is 65.9 Å². The van der Waals surface area contributed by atoms with Crippen LogP contribution in [0.2, 0.25) is 0 Å². The Bertz CT molecular complexity index is 1620. The Hall–Kier alpha value is -4.04. The molecular weight excluding hydrogens is 572 g/mol. The second-order valence-electron chi connectivity index (χ2n) is 14.0. The molecule has 8 heteroatoms. The van der Waals surface area contributed by atoms with E-state index in [1.165, 1.54) is 5.57 Å². The van der Waals surface area contributed by atoms with Crippen molar-refractivity contribution in [1.29, 1.82) is 0 Å². The minimum atomic E-state index is -0.466. The summed E-state index contributed by atoms with van der Waals surface area (Å²) < 4.78 is 0. The van der Waals surface area contributed by atoms with E-state index in [4.69, 9.17) is 15.7 Å². The summed E-state index contributed by atoms with van der Waals surface area (Å²) in [5.41, 5.74) is 13.9. The van der Waals surface area contributed by atoms with Gasteiger partial charge in [-0.15, -0.1) is 0 Å². The minimum absolute atomic E-state index is 0.00602. The molecule has 4 atom stereocenters. The van der Waals surface area contributed by atoms with Crippen molar-refractivity contribution < 1.29 is 9.59 Å². The lowest BCUT2D eigenvalue weighted by atomic mass is 9.96. The molecule has 242 valence electrons. The molecule has 2 amide bonds. The van der Waals surface area contributed by atoms with Gasteiger partial charge in [0, 0.05) is 37.3 Å². The smallest absolute Gasteiger partial charge is 0.240 e. The maximum absolute atomic E-state index is 13.1. The van der Waals surface area contributed by atoms with Crippen LogP contribution in [0.25, 0.3) is 28.0 Å². The van der Waals surface area contributed by atoms with Crippen LogP contribution in [0.3, 0.4) is 0 Å². The van der Waals surface area contributed by atoms with Crippen LogP contribution in [-0.4, -0.2) is 62.5 Å². The van der Waals surface area contributed by atoms with Crippen LogP contribution in [0, 0.1) is 17.8 Å². The summed E-state index contributed by atoms with van der Waals surface area (Å²) in [7, 11) is 0. The number of aromatic amines is 1. The van der Waals surface area contributed by atoms with Gasteiger partial charge < -0.3 is 20.5 Å². The van der Waals surface area contributed by atoms with Gasteiger partial charge in [-0.3, -0.25) is 14.6 Å². The Kier molecular flexibility index (Phi) is 9.27. The van der Waals surface area contributed by atoms with Gasteiger partial charge in [-0.2, -0.15) is 0 Å². The van der Waals surface area contributed by atoms with Gasteiger partial charge in [0.05, 0.1) is 30.0 Å². The molecule has 2 saturated heterocycles. The van der Waals surface area contributed by atoms with E-state index >= 15 is 0 Å². The zero-order chi connectivity index (χ0) is 32.5. The van der Waals surface area contributed by atoms with Crippen molar-refractivity contribution in [3.05, 3.63) is 72.3 Å². The number of imidazole rings is 1. The second kappa shape index (κ2) is 13.4. The molecule has 2 fully saturated rings. The van der Waals surface area contributed by atoms with Crippen molar-refractivity contribution in [3.63, 3.8) is 0 Å². The highest BCUT2D eigenvalue weighted by Gasteiger charge is 2.37. The lowest BCUT2D eigenvalue weighted by Gasteiger charge is -2.29. The van der Waals surface area contributed by atoms with Gasteiger partial charge in [-0.05, 0) is 65.3 Å². The third kappa shape index (κ3) is 6.32. The Morgan fingerprint density at radius 3 is 1.96 bits per heavy atom. The predicted octanol–water partition coefficient (Wildman–Crippen LogP) is 6.86. The van der Waals surface area contributed by atoms with E-state index in [0.29, 0.717) is 5.92 Å². The van der Waals surface area contributed by atoms with Gasteiger partial charge >= 0.3 is 0 Å². The van der Waals surface area contributed by atoms with Crippen molar-refractivity contribution in [1.82, 2.24) is 19.8 Å². The third-order valence-electron chi connectivity index (χ3n) is 10.3. The molecule has 0 bridgehead atoms. The Labute approximate surface area is 273 Å². The Balaban J connectivity index is 1.08. The number of H-pyrrole nitrogens is 1. The number of hydrogen-bond donors (Lipinski definition) is 2. The van der Waals surface area contributed by atoms with Crippen LogP contribution in [-0.2, 0) is 9.59 Å². The van der Waals surface area contributed by atoms with Crippen molar-refractivity contribution in [2.24, 2.45) is 28.5 Å². The van der Waals surface area contributed by atoms with Gasteiger partial charge in [0.25, 0.3) is 0 Å². The van der Waals surface area contributed by atoms with Crippen molar-refractivity contribution >= 4 is 23.1 Å². The van der Waals surface area contributed by atoms with Gasteiger partial charge in [0.2, 0.25) is 11.8 Å². The molecule has 0 saturated carbocycles. The van der Waals surface area contributed by atoms with Gasteiger partial charge in [-0.25, -0.2) is 4.98 Å².